The first kappa shape index (κ1) is 18.9. The number of carbonyl (C=O) groups excluding carboxylic acids is 1. The summed E-state index contributed by atoms with van der Waals surface area (Å²) in [6, 6.07) is 10.0. The SMILES string of the molecule is CCOCCn1c(=NC(=O)c2cccc([N+](=O)[O-])c2)sc2cccc(F)c21. The Morgan fingerprint density at radius 3 is 2.85 bits per heavy atom. The molecule has 0 atom stereocenters. The highest BCUT2D eigenvalue weighted by Crippen LogP contribution is 2.21. The number of non-ortho nitro benzene ring substituents is 1. The number of thiazole rings is 1. The van der Waals surface area contributed by atoms with E-state index in [9.17, 15) is 19.3 Å². The number of aromatic nitrogens is 1. The third-order valence-electron chi connectivity index (χ3n) is 3.82. The fourth-order valence-corrected chi connectivity index (χ4v) is 3.65. The molecule has 1 aromatic heterocycles. The minimum atomic E-state index is -0.629. The second-order valence-electron chi connectivity index (χ2n) is 5.54. The molecule has 1 heterocycles. The number of carbonyl (C=O) groups is 1. The van der Waals surface area contributed by atoms with Crippen molar-refractivity contribution < 1.29 is 18.8 Å². The van der Waals surface area contributed by atoms with Crippen LogP contribution in [-0.2, 0) is 11.3 Å². The van der Waals surface area contributed by atoms with Gasteiger partial charge in [0.15, 0.2) is 4.80 Å². The molecule has 0 aliphatic rings. The lowest BCUT2D eigenvalue weighted by molar-refractivity contribution is -0.384. The molecule has 2 aromatic carbocycles. The molecular weight excluding hydrogens is 373 g/mol. The molecule has 0 fully saturated rings. The predicted octanol–water partition coefficient (Wildman–Crippen LogP) is 3.53. The Hall–Kier alpha value is -2.91. The minimum absolute atomic E-state index is 0.0958. The van der Waals surface area contributed by atoms with Crippen molar-refractivity contribution in [3.05, 3.63) is 68.8 Å². The maximum Gasteiger partial charge on any atom is 0.279 e. The molecule has 0 saturated heterocycles. The number of amides is 1. The molecule has 0 aliphatic carbocycles. The van der Waals surface area contributed by atoms with E-state index in [1.807, 2.05) is 6.92 Å². The van der Waals surface area contributed by atoms with Crippen molar-refractivity contribution in [3.8, 4) is 0 Å². The van der Waals surface area contributed by atoms with E-state index in [1.165, 1.54) is 41.7 Å². The second kappa shape index (κ2) is 8.19. The van der Waals surface area contributed by atoms with Crippen molar-refractivity contribution in [1.29, 1.82) is 0 Å². The molecule has 27 heavy (non-hydrogen) atoms. The van der Waals surface area contributed by atoms with Crippen LogP contribution in [-0.4, -0.2) is 28.6 Å². The molecular formula is C18H16FN3O4S. The van der Waals surface area contributed by atoms with Crippen LogP contribution in [0.15, 0.2) is 47.5 Å². The molecule has 0 aliphatic heterocycles. The third-order valence-corrected chi connectivity index (χ3v) is 4.86. The fourth-order valence-electron chi connectivity index (χ4n) is 2.58. The van der Waals surface area contributed by atoms with Crippen LogP contribution in [0.2, 0.25) is 0 Å². The summed E-state index contributed by atoms with van der Waals surface area (Å²) in [6.07, 6.45) is 0. The van der Waals surface area contributed by atoms with Gasteiger partial charge in [-0.15, -0.1) is 0 Å². The summed E-state index contributed by atoms with van der Waals surface area (Å²) in [4.78, 5) is 27.2. The lowest BCUT2D eigenvalue weighted by atomic mass is 10.2. The zero-order valence-corrected chi connectivity index (χ0v) is 15.2. The first-order valence-electron chi connectivity index (χ1n) is 8.20. The van der Waals surface area contributed by atoms with E-state index in [2.05, 4.69) is 4.99 Å². The number of benzene rings is 2. The molecule has 0 bridgehead atoms. The first-order valence-corrected chi connectivity index (χ1v) is 9.02. The number of fused-ring (bicyclic) bond motifs is 1. The molecule has 1 amide bonds. The van der Waals surface area contributed by atoms with E-state index in [0.717, 1.165) is 0 Å². The molecule has 9 heteroatoms. The largest absolute Gasteiger partial charge is 0.380 e. The van der Waals surface area contributed by atoms with Gasteiger partial charge in [-0.2, -0.15) is 4.99 Å². The van der Waals surface area contributed by atoms with Crippen molar-refractivity contribution in [1.82, 2.24) is 4.57 Å². The van der Waals surface area contributed by atoms with Gasteiger partial charge in [0.1, 0.15) is 5.82 Å². The van der Waals surface area contributed by atoms with Gasteiger partial charge in [0.05, 0.1) is 21.7 Å². The van der Waals surface area contributed by atoms with Gasteiger partial charge in [-0.05, 0) is 25.1 Å². The number of hydrogen-bond donors (Lipinski definition) is 0. The molecule has 0 spiro atoms. The van der Waals surface area contributed by atoms with Crippen LogP contribution >= 0.6 is 11.3 Å². The lowest BCUT2D eigenvalue weighted by Crippen LogP contribution is -2.20. The molecule has 0 unspecified atom stereocenters. The summed E-state index contributed by atoms with van der Waals surface area (Å²) in [6.45, 7) is 3.04. The standard InChI is InChI=1S/C18H16FN3O4S/c1-2-26-10-9-21-16-14(19)7-4-8-15(16)27-18(21)20-17(23)12-5-3-6-13(11-12)22(24)25/h3-8,11H,2,9-10H2,1H3. The summed E-state index contributed by atoms with van der Waals surface area (Å²) >= 11 is 1.18. The molecule has 7 nitrogen and oxygen atoms in total. The number of rotatable bonds is 6. The number of nitro groups is 1. The Morgan fingerprint density at radius 2 is 2.11 bits per heavy atom. The van der Waals surface area contributed by atoms with Crippen LogP contribution in [0, 0.1) is 15.9 Å². The van der Waals surface area contributed by atoms with Gasteiger partial charge in [0, 0.05) is 30.8 Å². The topological polar surface area (TPSA) is 86.7 Å². The number of ether oxygens (including phenoxy) is 1. The van der Waals surface area contributed by atoms with Gasteiger partial charge >= 0.3 is 0 Å². The van der Waals surface area contributed by atoms with E-state index in [0.29, 0.717) is 34.8 Å². The number of hydrogen-bond acceptors (Lipinski definition) is 5. The summed E-state index contributed by atoms with van der Waals surface area (Å²) < 4.78 is 21.9. The number of nitro benzene ring substituents is 1. The highest BCUT2D eigenvalue weighted by molar-refractivity contribution is 7.16. The highest BCUT2D eigenvalue weighted by atomic mass is 32.1. The zero-order chi connectivity index (χ0) is 19.4. The Balaban J connectivity index is 2.08. The lowest BCUT2D eigenvalue weighted by Gasteiger charge is -2.06. The average Bonchev–Trinajstić information content (AvgIpc) is 3.00. The van der Waals surface area contributed by atoms with Crippen molar-refractivity contribution in [3.63, 3.8) is 0 Å². The smallest absolute Gasteiger partial charge is 0.279 e. The Morgan fingerprint density at radius 1 is 1.33 bits per heavy atom. The molecule has 0 radical (unpaired) electrons. The fraction of sp³-hybridized carbons (Fsp3) is 0.222. The quantitative estimate of drug-likeness (QED) is 0.367. The highest BCUT2D eigenvalue weighted by Gasteiger charge is 2.14. The van der Waals surface area contributed by atoms with Crippen LogP contribution in [0.3, 0.4) is 0 Å². The third kappa shape index (κ3) is 4.09. The predicted molar refractivity (Wildman–Crippen MR) is 99.3 cm³/mol. The monoisotopic (exact) mass is 389 g/mol. The van der Waals surface area contributed by atoms with Crippen molar-refractivity contribution in [2.75, 3.05) is 13.2 Å². The Labute approximate surface area is 157 Å². The number of nitrogens with zero attached hydrogens (tertiary/aromatic N) is 3. The van der Waals surface area contributed by atoms with Crippen LogP contribution in [0.4, 0.5) is 10.1 Å². The first-order chi connectivity index (χ1) is 13.0. The number of halogens is 1. The summed E-state index contributed by atoms with van der Waals surface area (Å²) in [5, 5.41) is 10.9. The Bertz CT molecular complexity index is 1070. The molecule has 3 aromatic rings. The van der Waals surface area contributed by atoms with Gasteiger partial charge < -0.3 is 9.30 Å². The van der Waals surface area contributed by atoms with E-state index >= 15 is 0 Å². The van der Waals surface area contributed by atoms with Gasteiger partial charge in [-0.3, -0.25) is 14.9 Å². The normalized spacial score (nSPS) is 11.9. The summed E-state index contributed by atoms with van der Waals surface area (Å²) in [7, 11) is 0. The maximum absolute atomic E-state index is 14.3. The van der Waals surface area contributed by atoms with Crippen molar-refractivity contribution >= 4 is 33.1 Å². The van der Waals surface area contributed by atoms with Gasteiger partial charge in [0.2, 0.25) is 0 Å². The van der Waals surface area contributed by atoms with Crippen molar-refractivity contribution in [2.24, 2.45) is 4.99 Å². The summed E-state index contributed by atoms with van der Waals surface area (Å²) in [5.74, 6) is -1.04. The molecule has 140 valence electrons. The van der Waals surface area contributed by atoms with Crippen LogP contribution in [0.25, 0.3) is 10.2 Å². The molecule has 3 rings (SSSR count). The van der Waals surface area contributed by atoms with E-state index < -0.39 is 16.6 Å². The van der Waals surface area contributed by atoms with Crippen LogP contribution < -0.4 is 4.80 Å². The Kier molecular flexibility index (Phi) is 5.72. The molecule has 0 saturated carbocycles. The van der Waals surface area contributed by atoms with E-state index in [4.69, 9.17) is 4.74 Å². The van der Waals surface area contributed by atoms with Gasteiger partial charge in [-0.25, -0.2) is 4.39 Å². The van der Waals surface area contributed by atoms with Crippen molar-refractivity contribution in [2.45, 2.75) is 13.5 Å². The van der Waals surface area contributed by atoms with Gasteiger partial charge in [0.25, 0.3) is 11.6 Å². The summed E-state index contributed by atoms with van der Waals surface area (Å²) in [5.41, 5.74) is 0.258. The van der Waals surface area contributed by atoms with E-state index in [-0.39, 0.29) is 11.3 Å². The van der Waals surface area contributed by atoms with Gasteiger partial charge in [-0.1, -0.05) is 23.5 Å². The average molecular weight is 389 g/mol. The second-order valence-corrected chi connectivity index (χ2v) is 6.55. The minimum Gasteiger partial charge on any atom is -0.380 e. The number of para-hydroxylation sites is 1. The van der Waals surface area contributed by atoms with E-state index in [1.54, 1.807) is 16.7 Å². The maximum atomic E-state index is 14.3. The molecule has 0 N–H and O–H groups in total. The zero-order valence-electron chi connectivity index (χ0n) is 14.4. The van der Waals surface area contributed by atoms with Crippen LogP contribution in [0.1, 0.15) is 17.3 Å². The van der Waals surface area contributed by atoms with Crippen LogP contribution in [0.5, 0.6) is 0 Å².